The van der Waals surface area contributed by atoms with Crippen LogP contribution in [0.5, 0.6) is 0 Å². The Morgan fingerprint density at radius 2 is 1.47 bits per heavy atom. The summed E-state index contributed by atoms with van der Waals surface area (Å²) in [5.41, 5.74) is 0. The third-order valence-corrected chi connectivity index (χ3v) is 2.91. The van der Waals surface area contributed by atoms with Gasteiger partial charge in [-0.05, 0) is 6.42 Å². The molecule has 0 radical (unpaired) electrons. The van der Waals surface area contributed by atoms with Crippen molar-refractivity contribution >= 4 is 11.8 Å². The lowest BCUT2D eigenvalue weighted by atomic mass is 10.1. The number of carbonyl (C=O) groups is 2. The summed E-state index contributed by atoms with van der Waals surface area (Å²) in [7, 11) is 1.43. The molecule has 0 aromatic heterocycles. The van der Waals surface area contributed by atoms with E-state index in [1.165, 1.54) is 45.6 Å². The highest BCUT2D eigenvalue weighted by atomic mass is 16.5. The van der Waals surface area contributed by atoms with Crippen molar-refractivity contribution in [3.8, 4) is 0 Å². The first kappa shape index (κ1) is 18.1. The van der Waals surface area contributed by atoms with E-state index < -0.39 is 5.97 Å². The van der Waals surface area contributed by atoms with Crippen LogP contribution in [0.3, 0.4) is 0 Å². The number of unbranched alkanes of at least 4 members (excludes halogenated alkanes) is 7. The Labute approximate surface area is 116 Å². The van der Waals surface area contributed by atoms with E-state index in [-0.39, 0.29) is 18.8 Å². The van der Waals surface area contributed by atoms with Gasteiger partial charge in [0.1, 0.15) is 13.0 Å². The van der Waals surface area contributed by atoms with Crippen molar-refractivity contribution in [2.75, 3.05) is 20.3 Å². The predicted octanol–water partition coefficient (Wildman–Crippen LogP) is 3.28. The number of carbonyl (C=O) groups excluding carboxylic acids is 2. The monoisotopic (exact) mass is 272 g/mol. The maximum Gasteiger partial charge on any atom is 0.313 e. The number of esters is 1. The minimum atomic E-state index is -0.440. The number of rotatable bonds is 13. The summed E-state index contributed by atoms with van der Waals surface area (Å²) in [5.74, 6) is -0.673. The van der Waals surface area contributed by atoms with E-state index >= 15 is 0 Å². The average Bonchev–Trinajstić information content (AvgIpc) is 2.37. The molecule has 0 saturated carbocycles. The molecule has 0 amide bonds. The van der Waals surface area contributed by atoms with Gasteiger partial charge in [-0.25, -0.2) is 0 Å². The van der Waals surface area contributed by atoms with Gasteiger partial charge >= 0.3 is 5.97 Å². The third-order valence-electron chi connectivity index (χ3n) is 2.91. The van der Waals surface area contributed by atoms with Crippen LogP contribution in [-0.2, 0) is 19.1 Å². The van der Waals surface area contributed by atoms with Crippen molar-refractivity contribution in [2.24, 2.45) is 0 Å². The summed E-state index contributed by atoms with van der Waals surface area (Å²) in [6.45, 7) is 2.62. The van der Waals surface area contributed by atoms with Gasteiger partial charge < -0.3 is 9.47 Å². The van der Waals surface area contributed by atoms with Gasteiger partial charge in [-0.1, -0.05) is 51.9 Å². The molecule has 0 N–H and O–H groups in total. The fraction of sp³-hybridized carbons (Fsp3) is 0.867. The summed E-state index contributed by atoms with van der Waals surface area (Å²) in [4.78, 5) is 22.3. The highest BCUT2D eigenvalue weighted by Crippen LogP contribution is 2.08. The van der Waals surface area contributed by atoms with Gasteiger partial charge in [0.25, 0.3) is 0 Å². The summed E-state index contributed by atoms with van der Waals surface area (Å²) < 4.78 is 9.63. The van der Waals surface area contributed by atoms with Crippen LogP contribution in [0.4, 0.5) is 0 Å². The smallest absolute Gasteiger partial charge is 0.313 e. The largest absolute Gasteiger partial charge is 0.465 e. The fourth-order valence-electron chi connectivity index (χ4n) is 1.85. The molecule has 0 fully saturated rings. The van der Waals surface area contributed by atoms with Gasteiger partial charge in [0.15, 0.2) is 5.78 Å². The molecular formula is C15H28O4. The molecular weight excluding hydrogens is 244 g/mol. The van der Waals surface area contributed by atoms with E-state index in [0.29, 0.717) is 6.61 Å². The maximum absolute atomic E-state index is 11.2. The predicted molar refractivity (Wildman–Crippen MR) is 75.1 cm³/mol. The molecule has 0 aromatic rings. The lowest BCUT2D eigenvalue weighted by Gasteiger charge is -2.04. The lowest BCUT2D eigenvalue weighted by Crippen LogP contribution is -2.15. The summed E-state index contributed by atoms with van der Waals surface area (Å²) in [6, 6.07) is 0. The zero-order chi connectivity index (χ0) is 14.3. The lowest BCUT2D eigenvalue weighted by molar-refractivity contribution is -0.146. The van der Waals surface area contributed by atoms with Crippen LogP contribution < -0.4 is 0 Å². The molecule has 0 unspecified atom stereocenters. The molecule has 0 heterocycles. The highest BCUT2D eigenvalue weighted by Gasteiger charge is 2.09. The molecule has 0 spiro atoms. The fourth-order valence-corrected chi connectivity index (χ4v) is 1.85. The van der Waals surface area contributed by atoms with E-state index in [4.69, 9.17) is 4.74 Å². The molecule has 0 aliphatic carbocycles. The molecule has 112 valence electrons. The molecule has 0 atom stereocenters. The summed E-state index contributed by atoms with van der Waals surface area (Å²) >= 11 is 0. The van der Waals surface area contributed by atoms with E-state index in [1.807, 2.05) is 0 Å². The molecule has 0 aliphatic heterocycles. The van der Waals surface area contributed by atoms with Crippen LogP contribution in [0.2, 0.25) is 0 Å². The molecule has 4 nitrogen and oxygen atoms in total. The number of methoxy groups -OCH3 is 1. The first-order valence-corrected chi connectivity index (χ1v) is 7.37. The summed E-state index contributed by atoms with van der Waals surface area (Å²) in [6.07, 6.45) is 9.50. The van der Waals surface area contributed by atoms with Crippen molar-refractivity contribution < 1.29 is 19.1 Å². The second-order valence-corrected chi connectivity index (χ2v) is 4.84. The van der Waals surface area contributed by atoms with Gasteiger partial charge in [0.05, 0.1) is 6.61 Å². The third kappa shape index (κ3) is 13.3. The van der Waals surface area contributed by atoms with Crippen molar-refractivity contribution in [3.05, 3.63) is 0 Å². The first-order chi connectivity index (χ1) is 9.20. The SMILES string of the molecule is CCCCCCCCCCOC(=O)CC(=O)COC. The van der Waals surface area contributed by atoms with Crippen molar-refractivity contribution in [2.45, 2.75) is 64.7 Å². The zero-order valence-corrected chi connectivity index (χ0v) is 12.4. The Balaban J connectivity index is 3.25. The highest BCUT2D eigenvalue weighted by molar-refractivity contribution is 5.96. The van der Waals surface area contributed by atoms with E-state index in [0.717, 1.165) is 12.8 Å². The quantitative estimate of drug-likeness (QED) is 0.293. The molecule has 0 bridgehead atoms. The second kappa shape index (κ2) is 13.5. The van der Waals surface area contributed by atoms with Crippen LogP contribution in [0.25, 0.3) is 0 Å². The number of ether oxygens (including phenoxy) is 2. The van der Waals surface area contributed by atoms with Crippen LogP contribution in [0, 0.1) is 0 Å². The Bertz CT molecular complexity index is 238. The van der Waals surface area contributed by atoms with Crippen LogP contribution in [-0.4, -0.2) is 32.1 Å². The number of ketones is 1. The first-order valence-electron chi connectivity index (χ1n) is 7.37. The van der Waals surface area contributed by atoms with E-state index in [9.17, 15) is 9.59 Å². The van der Waals surface area contributed by atoms with Gasteiger partial charge in [-0.3, -0.25) is 9.59 Å². The Morgan fingerprint density at radius 3 is 2.05 bits per heavy atom. The summed E-state index contributed by atoms with van der Waals surface area (Å²) in [5, 5.41) is 0. The van der Waals surface area contributed by atoms with Crippen molar-refractivity contribution in [1.29, 1.82) is 0 Å². The maximum atomic E-state index is 11.2. The topological polar surface area (TPSA) is 52.6 Å². The molecule has 0 saturated heterocycles. The second-order valence-electron chi connectivity index (χ2n) is 4.84. The Hall–Kier alpha value is -0.900. The van der Waals surface area contributed by atoms with Crippen LogP contribution >= 0.6 is 0 Å². The van der Waals surface area contributed by atoms with Gasteiger partial charge in [0.2, 0.25) is 0 Å². The molecule has 0 aliphatic rings. The normalized spacial score (nSPS) is 10.4. The van der Waals surface area contributed by atoms with Gasteiger partial charge in [-0.15, -0.1) is 0 Å². The standard InChI is InChI=1S/C15H28O4/c1-3-4-5-6-7-8-9-10-11-19-15(17)12-14(16)13-18-2/h3-13H2,1-2H3. The number of hydrogen-bond donors (Lipinski definition) is 0. The number of hydrogen-bond acceptors (Lipinski definition) is 4. The van der Waals surface area contributed by atoms with Crippen molar-refractivity contribution in [3.63, 3.8) is 0 Å². The van der Waals surface area contributed by atoms with Crippen LogP contribution in [0.15, 0.2) is 0 Å². The molecule has 19 heavy (non-hydrogen) atoms. The minimum absolute atomic E-state index is 0.0210. The van der Waals surface area contributed by atoms with Crippen LogP contribution in [0.1, 0.15) is 64.7 Å². The van der Waals surface area contributed by atoms with Gasteiger partial charge in [0, 0.05) is 7.11 Å². The average molecular weight is 272 g/mol. The molecule has 0 rings (SSSR count). The Morgan fingerprint density at radius 1 is 0.895 bits per heavy atom. The van der Waals surface area contributed by atoms with Crippen molar-refractivity contribution in [1.82, 2.24) is 0 Å². The van der Waals surface area contributed by atoms with E-state index in [2.05, 4.69) is 11.7 Å². The zero-order valence-electron chi connectivity index (χ0n) is 12.4. The minimum Gasteiger partial charge on any atom is -0.465 e. The molecule has 0 aromatic carbocycles. The van der Waals surface area contributed by atoms with E-state index in [1.54, 1.807) is 0 Å². The van der Waals surface area contributed by atoms with Gasteiger partial charge in [-0.2, -0.15) is 0 Å². The number of Topliss-reactive ketones (excluding diaryl/α,β-unsaturated/α-hetero) is 1. The molecule has 4 heteroatoms. The Kier molecular flexibility index (Phi) is 12.9.